The second-order valence-electron chi connectivity index (χ2n) is 4.72. The van der Waals surface area contributed by atoms with Gasteiger partial charge in [0.1, 0.15) is 5.82 Å². The maximum atomic E-state index is 14.1. The number of nitrogens with zero attached hydrogens (tertiary/aromatic N) is 1. The zero-order valence-corrected chi connectivity index (χ0v) is 12.4. The van der Waals surface area contributed by atoms with Gasteiger partial charge in [0.05, 0.1) is 5.01 Å². The molecule has 1 heterocycles. The summed E-state index contributed by atoms with van der Waals surface area (Å²) in [6.45, 7) is 6.72. The van der Waals surface area contributed by atoms with Gasteiger partial charge in [0.2, 0.25) is 0 Å². The van der Waals surface area contributed by atoms with Crippen LogP contribution in [0, 0.1) is 19.7 Å². The molecule has 0 amide bonds. The van der Waals surface area contributed by atoms with Gasteiger partial charge in [-0.05, 0) is 32.0 Å². The van der Waals surface area contributed by atoms with Crippen molar-refractivity contribution in [2.75, 3.05) is 6.54 Å². The van der Waals surface area contributed by atoms with Gasteiger partial charge in [0.15, 0.2) is 0 Å². The summed E-state index contributed by atoms with van der Waals surface area (Å²) >= 11 is 1.63. The SMILES string of the molecule is CCNC(Cc1nc(C)cs1)c1ccc(C)cc1F. The predicted octanol–water partition coefficient (Wildman–Crippen LogP) is 3.79. The van der Waals surface area contributed by atoms with E-state index in [1.165, 1.54) is 0 Å². The summed E-state index contributed by atoms with van der Waals surface area (Å²) < 4.78 is 14.1. The Morgan fingerprint density at radius 3 is 2.74 bits per heavy atom. The molecule has 4 heteroatoms. The Balaban J connectivity index is 2.23. The lowest BCUT2D eigenvalue weighted by atomic mass is 10.0. The lowest BCUT2D eigenvalue weighted by Crippen LogP contribution is -2.24. The topological polar surface area (TPSA) is 24.9 Å². The Kier molecular flexibility index (Phi) is 4.66. The molecule has 0 saturated carbocycles. The molecule has 102 valence electrons. The summed E-state index contributed by atoms with van der Waals surface area (Å²) in [7, 11) is 0. The van der Waals surface area contributed by atoms with Gasteiger partial charge in [0, 0.05) is 29.1 Å². The van der Waals surface area contributed by atoms with Crippen LogP contribution in [0.3, 0.4) is 0 Å². The number of thiazole rings is 1. The maximum Gasteiger partial charge on any atom is 0.128 e. The van der Waals surface area contributed by atoms with Crippen LogP contribution in [0.15, 0.2) is 23.6 Å². The van der Waals surface area contributed by atoms with E-state index < -0.39 is 0 Å². The standard InChI is InChI=1S/C15H19FN2S/c1-4-17-14(8-15-18-11(3)9-19-15)12-6-5-10(2)7-13(12)16/h5-7,9,14,17H,4,8H2,1-3H3. The molecular formula is C15H19FN2S. The van der Waals surface area contributed by atoms with E-state index in [2.05, 4.69) is 10.3 Å². The molecule has 0 saturated heterocycles. The van der Waals surface area contributed by atoms with Gasteiger partial charge >= 0.3 is 0 Å². The lowest BCUT2D eigenvalue weighted by molar-refractivity contribution is 0.508. The van der Waals surface area contributed by atoms with Crippen LogP contribution in [0.5, 0.6) is 0 Å². The third-order valence-electron chi connectivity index (χ3n) is 3.03. The van der Waals surface area contributed by atoms with E-state index in [0.29, 0.717) is 0 Å². The normalized spacial score (nSPS) is 12.6. The molecule has 19 heavy (non-hydrogen) atoms. The Morgan fingerprint density at radius 2 is 2.16 bits per heavy atom. The fraction of sp³-hybridized carbons (Fsp3) is 0.400. The average molecular weight is 278 g/mol. The first-order chi connectivity index (χ1) is 9.10. The van der Waals surface area contributed by atoms with Crippen LogP contribution in [-0.2, 0) is 6.42 Å². The van der Waals surface area contributed by atoms with Crippen molar-refractivity contribution in [3.8, 4) is 0 Å². The number of aryl methyl sites for hydroxylation is 2. The minimum absolute atomic E-state index is 0.0175. The van der Waals surface area contributed by atoms with Crippen LogP contribution in [0.1, 0.15) is 34.8 Å². The molecule has 1 aromatic carbocycles. The number of hydrogen-bond acceptors (Lipinski definition) is 3. The highest BCUT2D eigenvalue weighted by Gasteiger charge is 2.17. The molecule has 2 rings (SSSR count). The highest BCUT2D eigenvalue weighted by molar-refractivity contribution is 7.09. The quantitative estimate of drug-likeness (QED) is 0.900. The van der Waals surface area contributed by atoms with Crippen LogP contribution >= 0.6 is 11.3 Å². The first-order valence-electron chi connectivity index (χ1n) is 6.50. The maximum absolute atomic E-state index is 14.1. The molecular weight excluding hydrogens is 259 g/mol. The Bertz CT molecular complexity index is 551. The van der Waals surface area contributed by atoms with Crippen LogP contribution in [0.4, 0.5) is 4.39 Å². The van der Waals surface area contributed by atoms with E-state index in [1.54, 1.807) is 17.4 Å². The van der Waals surface area contributed by atoms with Gasteiger partial charge in [-0.3, -0.25) is 0 Å². The molecule has 1 N–H and O–H groups in total. The van der Waals surface area contributed by atoms with Crippen LogP contribution < -0.4 is 5.32 Å². The minimum atomic E-state index is -0.140. The van der Waals surface area contributed by atoms with Crippen molar-refractivity contribution in [3.05, 3.63) is 51.2 Å². The average Bonchev–Trinajstić information content (AvgIpc) is 2.74. The smallest absolute Gasteiger partial charge is 0.128 e. The highest BCUT2D eigenvalue weighted by Crippen LogP contribution is 2.23. The van der Waals surface area contributed by atoms with Gasteiger partial charge in [-0.1, -0.05) is 19.1 Å². The van der Waals surface area contributed by atoms with E-state index in [1.807, 2.05) is 38.3 Å². The Hall–Kier alpha value is -1.26. The summed E-state index contributed by atoms with van der Waals surface area (Å²) in [6.07, 6.45) is 0.728. The lowest BCUT2D eigenvalue weighted by Gasteiger charge is -2.18. The number of aromatic nitrogens is 1. The van der Waals surface area contributed by atoms with E-state index in [0.717, 1.165) is 34.8 Å². The Morgan fingerprint density at radius 1 is 1.37 bits per heavy atom. The fourth-order valence-corrected chi connectivity index (χ4v) is 2.94. The first kappa shape index (κ1) is 14.2. The van der Waals surface area contributed by atoms with E-state index >= 15 is 0 Å². The third kappa shape index (κ3) is 3.61. The van der Waals surface area contributed by atoms with Crippen LogP contribution in [-0.4, -0.2) is 11.5 Å². The van der Waals surface area contributed by atoms with Crippen molar-refractivity contribution >= 4 is 11.3 Å². The molecule has 0 fully saturated rings. The molecule has 0 aliphatic heterocycles. The number of likely N-dealkylation sites (N-methyl/N-ethyl adjacent to an activating group) is 1. The van der Waals surface area contributed by atoms with Crippen molar-refractivity contribution in [2.45, 2.75) is 33.2 Å². The van der Waals surface area contributed by atoms with Gasteiger partial charge in [0.25, 0.3) is 0 Å². The number of hydrogen-bond donors (Lipinski definition) is 1. The van der Waals surface area contributed by atoms with Gasteiger partial charge in [-0.15, -0.1) is 11.3 Å². The summed E-state index contributed by atoms with van der Waals surface area (Å²) in [5, 5.41) is 6.42. The molecule has 0 bridgehead atoms. The summed E-state index contributed by atoms with van der Waals surface area (Å²) in [4.78, 5) is 4.46. The molecule has 0 spiro atoms. The minimum Gasteiger partial charge on any atom is -0.310 e. The summed E-state index contributed by atoms with van der Waals surface area (Å²) in [5.74, 6) is -0.140. The first-order valence-corrected chi connectivity index (χ1v) is 7.38. The fourth-order valence-electron chi connectivity index (χ4n) is 2.12. The van der Waals surface area contributed by atoms with E-state index in [-0.39, 0.29) is 11.9 Å². The summed E-state index contributed by atoms with van der Waals surface area (Å²) in [6, 6.07) is 5.40. The van der Waals surface area contributed by atoms with Crippen molar-refractivity contribution in [2.24, 2.45) is 0 Å². The van der Waals surface area contributed by atoms with Gasteiger partial charge in [-0.25, -0.2) is 9.37 Å². The van der Waals surface area contributed by atoms with Crippen molar-refractivity contribution in [3.63, 3.8) is 0 Å². The third-order valence-corrected chi connectivity index (χ3v) is 4.02. The largest absolute Gasteiger partial charge is 0.310 e. The van der Waals surface area contributed by atoms with E-state index in [9.17, 15) is 4.39 Å². The number of rotatable bonds is 5. The van der Waals surface area contributed by atoms with Gasteiger partial charge < -0.3 is 5.32 Å². The van der Waals surface area contributed by atoms with Gasteiger partial charge in [-0.2, -0.15) is 0 Å². The predicted molar refractivity (Wildman–Crippen MR) is 78.1 cm³/mol. The number of halogens is 1. The van der Waals surface area contributed by atoms with Crippen LogP contribution in [0.25, 0.3) is 0 Å². The second kappa shape index (κ2) is 6.26. The number of nitrogens with one attached hydrogen (secondary N) is 1. The van der Waals surface area contributed by atoms with Crippen LogP contribution in [0.2, 0.25) is 0 Å². The molecule has 0 aliphatic carbocycles. The molecule has 1 aromatic heterocycles. The van der Waals surface area contributed by atoms with E-state index in [4.69, 9.17) is 0 Å². The molecule has 1 atom stereocenters. The number of benzene rings is 1. The second-order valence-corrected chi connectivity index (χ2v) is 5.66. The highest BCUT2D eigenvalue weighted by atomic mass is 32.1. The molecule has 0 aliphatic rings. The van der Waals surface area contributed by atoms with Crippen molar-refractivity contribution in [1.29, 1.82) is 0 Å². The molecule has 0 radical (unpaired) electrons. The molecule has 2 aromatic rings. The zero-order valence-electron chi connectivity index (χ0n) is 11.5. The summed E-state index contributed by atoms with van der Waals surface area (Å²) in [5.41, 5.74) is 2.70. The Labute approximate surface area is 117 Å². The van der Waals surface area contributed by atoms with Crippen molar-refractivity contribution in [1.82, 2.24) is 10.3 Å². The van der Waals surface area contributed by atoms with Crippen molar-refractivity contribution < 1.29 is 4.39 Å². The monoisotopic (exact) mass is 278 g/mol. The molecule has 1 unspecified atom stereocenters. The molecule has 2 nitrogen and oxygen atoms in total. The zero-order chi connectivity index (χ0) is 13.8.